The number of guanidine groups is 1. The number of nitrogens with zero attached hydrogens (tertiary/aromatic N) is 2. The number of hydroxylamine groups is 1. The number of halogens is 1. The van der Waals surface area contributed by atoms with E-state index in [1.807, 2.05) is 0 Å². The molecule has 8 heteroatoms. The second-order valence-electron chi connectivity index (χ2n) is 2.88. The van der Waals surface area contributed by atoms with Crippen LogP contribution in [-0.2, 0) is 0 Å². The highest BCUT2D eigenvalue weighted by atomic mass is 35.5. The van der Waals surface area contributed by atoms with Crippen LogP contribution < -0.4 is 16.9 Å². The molecule has 1 rings (SSSR count). The van der Waals surface area contributed by atoms with Crippen molar-refractivity contribution in [3.8, 4) is 0 Å². The van der Waals surface area contributed by atoms with Gasteiger partial charge in [0, 0.05) is 5.56 Å². The van der Waals surface area contributed by atoms with Crippen molar-refractivity contribution in [2.45, 2.75) is 0 Å². The Kier molecular flexibility index (Phi) is 6.30. The highest BCUT2D eigenvalue weighted by Crippen LogP contribution is 2.02. The van der Waals surface area contributed by atoms with Crippen LogP contribution in [0.5, 0.6) is 0 Å². The lowest BCUT2D eigenvalue weighted by molar-refractivity contribution is 0.232. The van der Waals surface area contributed by atoms with Crippen molar-refractivity contribution in [1.82, 2.24) is 5.48 Å². The Balaban J connectivity index is 0.00000256. The summed E-state index contributed by atoms with van der Waals surface area (Å²) in [4.78, 5) is 0. The van der Waals surface area contributed by atoms with E-state index in [4.69, 9.17) is 22.1 Å². The molecule has 0 aliphatic carbocycles. The molecule has 0 saturated carbocycles. The summed E-state index contributed by atoms with van der Waals surface area (Å²) in [6, 6.07) is 6.92. The van der Waals surface area contributed by atoms with Gasteiger partial charge in [-0.25, -0.2) is 5.48 Å². The van der Waals surface area contributed by atoms with E-state index < -0.39 is 0 Å². The van der Waals surface area contributed by atoms with Gasteiger partial charge in [0.05, 0.1) is 6.21 Å². The average molecular weight is 257 g/mol. The van der Waals surface area contributed by atoms with Crippen molar-refractivity contribution in [2.24, 2.45) is 21.7 Å². The first kappa shape index (κ1) is 14.9. The second kappa shape index (κ2) is 7.20. The summed E-state index contributed by atoms with van der Waals surface area (Å²) in [5.74, 6) is -0.228. The summed E-state index contributed by atoms with van der Waals surface area (Å²) in [6.45, 7) is 0. The van der Waals surface area contributed by atoms with Gasteiger partial charge in [0.2, 0.25) is 5.96 Å². The Labute approximate surface area is 104 Å². The van der Waals surface area contributed by atoms with Crippen molar-refractivity contribution in [3.63, 3.8) is 0 Å². The van der Waals surface area contributed by atoms with E-state index in [9.17, 15) is 0 Å². The molecule has 0 unspecified atom stereocenters. The second-order valence-corrected chi connectivity index (χ2v) is 2.88. The number of nitrogen functional groups attached to an aromatic ring is 1. The predicted octanol–water partition coefficient (Wildman–Crippen LogP) is 0.0199. The number of rotatable bonds is 3. The zero-order valence-corrected chi connectivity index (χ0v) is 9.61. The molecule has 0 fully saturated rings. The van der Waals surface area contributed by atoms with Gasteiger partial charge >= 0.3 is 0 Å². The van der Waals surface area contributed by atoms with Gasteiger partial charge in [-0.15, -0.1) is 17.5 Å². The third-order valence-electron chi connectivity index (χ3n) is 1.68. The van der Waals surface area contributed by atoms with E-state index in [2.05, 4.69) is 10.2 Å². The monoisotopic (exact) mass is 256 g/mol. The molecule has 92 valence electrons. The Bertz CT molecular complexity index is 445. The molecule has 1 aromatic carbocycles. The summed E-state index contributed by atoms with van der Waals surface area (Å²) >= 11 is 0. The van der Waals surface area contributed by atoms with Crippen LogP contribution in [-0.4, -0.2) is 23.2 Å². The quantitative estimate of drug-likeness (QED) is 0.296. The molecule has 0 aromatic heterocycles. The standard InChI is InChI=1S/C9H12N6O.ClH/c10-8(11)7-3-1-2-6(4-7)5-13-14-9(12)15-16;/h1-5,16H,(H3,10,11)(H3,12,14,15);1H/b13-5+;. The zero-order chi connectivity index (χ0) is 12.0. The molecular weight excluding hydrogens is 244 g/mol. The summed E-state index contributed by atoms with van der Waals surface area (Å²) in [6.07, 6.45) is 1.43. The molecule has 0 heterocycles. The Morgan fingerprint density at radius 2 is 2.12 bits per heavy atom. The lowest BCUT2D eigenvalue weighted by atomic mass is 10.1. The Morgan fingerprint density at radius 3 is 2.71 bits per heavy atom. The molecule has 0 radical (unpaired) electrons. The summed E-state index contributed by atoms with van der Waals surface area (Å²) < 4.78 is 0. The molecule has 1 aromatic rings. The van der Waals surface area contributed by atoms with Crippen molar-refractivity contribution < 1.29 is 5.21 Å². The van der Waals surface area contributed by atoms with Crippen LogP contribution in [0.3, 0.4) is 0 Å². The summed E-state index contributed by atoms with van der Waals surface area (Å²) in [7, 11) is 0. The summed E-state index contributed by atoms with van der Waals surface area (Å²) in [5, 5.41) is 22.6. The SMILES string of the molecule is Cl.N=C(N)c1cccc(/C=N/N=C(/N)NO)c1. The van der Waals surface area contributed by atoms with Gasteiger partial charge in [-0.3, -0.25) is 10.6 Å². The first-order valence-corrected chi connectivity index (χ1v) is 4.34. The van der Waals surface area contributed by atoms with Crippen LogP contribution in [0.15, 0.2) is 34.5 Å². The van der Waals surface area contributed by atoms with Gasteiger partial charge in [-0.1, -0.05) is 18.2 Å². The van der Waals surface area contributed by atoms with Crippen LogP contribution in [0, 0.1) is 5.41 Å². The van der Waals surface area contributed by atoms with E-state index >= 15 is 0 Å². The Morgan fingerprint density at radius 1 is 1.41 bits per heavy atom. The maximum absolute atomic E-state index is 8.32. The third kappa shape index (κ3) is 4.96. The van der Waals surface area contributed by atoms with Crippen LogP contribution in [0.25, 0.3) is 0 Å². The maximum Gasteiger partial charge on any atom is 0.237 e. The van der Waals surface area contributed by atoms with Gasteiger partial charge in [0.1, 0.15) is 5.84 Å². The minimum absolute atomic E-state index is 0. The van der Waals surface area contributed by atoms with E-state index in [0.29, 0.717) is 5.56 Å². The normalized spacial score (nSPS) is 11.0. The van der Waals surface area contributed by atoms with Crippen LogP contribution in [0.1, 0.15) is 11.1 Å². The molecule has 0 aliphatic rings. The third-order valence-corrected chi connectivity index (χ3v) is 1.68. The van der Waals surface area contributed by atoms with Crippen molar-refractivity contribution in [2.75, 3.05) is 0 Å². The van der Waals surface area contributed by atoms with Gasteiger partial charge in [0.15, 0.2) is 0 Å². The van der Waals surface area contributed by atoms with Crippen LogP contribution in [0.2, 0.25) is 0 Å². The van der Waals surface area contributed by atoms with E-state index in [1.54, 1.807) is 29.7 Å². The smallest absolute Gasteiger partial charge is 0.237 e. The van der Waals surface area contributed by atoms with E-state index in [-0.39, 0.29) is 24.2 Å². The average Bonchev–Trinajstić information content (AvgIpc) is 2.29. The van der Waals surface area contributed by atoms with Gasteiger partial charge in [0.25, 0.3) is 0 Å². The van der Waals surface area contributed by atoms with E-state index in [0.717, 1.165) is 5.56 Å². The first-order valence-electron chi connectivity index (χ1n) is 4.34. The zero-order valence-electron chi connectivity index (χ0n) is 8.79. The number of hydrogen-bond donors (Lipinski definition) is 5. The lowest BCUT2D eigenvalue weighted by Gasteiger charge is -1.98. The van der Waals surface area contributed by atoms with Gasteiger partial charge < -0.3 is 11.5 Å². The van der Waals surface area contributed by atoms with Crippen molar-refractivity contribution in [1.29, 1.82) is 5.41 Å². The molecule has 0 amide bonds. The number of nitrogens with two attached hydrogens (primary N) is 2. The maximum atomic E-state index is 8.32. The molecule has 7 N–H and O–H groups in total. The number of benzene rings is 1. The minimum atomic E-state index is -0.209. The first-order chi connectivity index (χ1) is 7.63. The fourth-order valence-electron chi connectivity index (χ4n) is 0.967. The van der Waals surface area contributed by atoms with Crippen molar-refractivity contribution in [3.05, 3.63) is 35.4 Å². The topological polar surface area (TPSA) is 133 Å². The summed E-state index contributed by atoms with van der Waals surface area (Å²) in [5.41, 5.74) is 13.4. The fourth-order valence-corrected chi connectivity index (χ4v) is 0.967. The predicted molar refractivity (Wildman–Crippen MR) is 68.8 cm³/mol. The molecule has 17 heavy (non-hydrogen) atoms. The molecule has 0 saturated heterocycles. The van der Waals surface area contributed by atoms with Crippen LogP contribution >= 0.6 is 12.4 Å². The minimum Gasteiger partial charge on any atom is -0.384 e. The van der Waals surface area contributed by atoms with Crippen LogP contribution in [0.4, 0.5) is 0 Å². The number of amidine groups is 1. The molecule has 0 aliphatic heterocycles. The van der Waals surface area contributed by atoms with Gasteiger partial charge in [-0.05, 0) is 11.6 Å². The molecule has 0 spiro atoms. The van der Waals surface area contributed by atoms with Gasteiger partial charge in [-0.2, -0.15) is 5.10 Å². The highest BCUT2D eigenvalue weighted by Gasteiger charge is 1.95. The Hall–Kier alpha value is -2.12. The number of hydrogen-bond acceptors (Lipinski definition) is 4. The molecule has 0 atom stereocenters. The number of nitrogens with one attached hydrogen (secondary N) is 2. The van der Waals surface area contributed by atoms with Crippen molar-refractivity contribution >= 4 is 30.4 Å². The molecular formula is C9H13ClN6O. The lowest BCUT2D eigenvalue weighted by Crippen LogP contribution is -2.27. The largest absolute Gasteiger partial charge is 0.384 e. The van der Waals surface area contributed by atoms with E-state index in [1.165, 1.54) is 6.21 Å². The highest BCUT2D eigenvalue weighted by molar-refractivity contribution is 5.96. The molecule has 7 nitrogen and oxygen atoms in total. The fraction of sp³-hybridized carbons (Fsp3) is 0. The molecule has 0 bridgehead atoms.